The van der Waals surface area contributed by atoms with E-state index < -0.39 is 38.3 Å². The van der Waals surface area contributed by atoms with E-state index in [1.54, 1.807) is 17.4 Å². The zero-order chi connectivity index (χ0) is 33.5. The Hall–Kier alpha value is -1.48. The summed E-state index contributed by atoms with van der Waals surface area (Å²) in [6, 6.07) is 19.2. The lowest BCUT2D eigenvalue weighted by atomic mass is 9.84. The van der Waals surface area contributed by atoms with Crippen molar-refractivity contribution < 1.29 is 9.90 Å². The normalized spacial score (nSPS) is 16.5. The predicted molar refractivity (Wildman–Crippen MR) is 212 cm³/mol. The van der Waals surface area contributed by atoms with Crippen LogP contribution in [0.15, 0.2) is 48.5 Å². The summed E-state index contributed by atoms with van der Waals surface area (Å²) in [6.07, 6.45) is 12.2. The van der Waals surface area contributed by atoms with Crippen molar-refractivity contribution in [1.29, 1.82) is 0 Å². The van der Waals surface area contributed by atoms with Crippen molar-refractivity contribution in [2.24, 2.45) is 5.92 Å². The second-order valence-corrected chi connectivity index (χ2v) is 40.6. The maximum Gasteiger partial charge on any atom is 0.336 e. The van der Waals surface area contributed by atoms with Gasteiger partial charge in [0.1, 0.15) is 0 Å². The molecule has 1 aliphatic rings. The van der Waals surface area contributed by atoms with Crippen molar-refractivity contribution in [3.05, 3.63) is 65.2 Å². The summed E-state index contributed by atoms with van der Waals surface area (Å²) < 4.78 is 0. The molecule has 0 heterocycles. The number of aryl methyl sites for hydroxylation is 1. The van der Waals surface area contributed by atoms with Crippen molar-refractivity contribution in [3.63, 3.8) is 0 Å². The summed E-state index contributed by atoms with van der Waals surface area (Å²) in [4.78, 5) is 12.2. The van der Waals surface area contributed by atoms with E-state index in [4.69, 9.17) is 0 Å². The number of carboxylic acids is 1. The molecular formula is C39H66O2Si4. The minimum atomic E-state index is -1.23. The van der Waals surface area contributed by atoms with E-state index in [0.717, 1.165) is 29.9 Å². The highest BCUT2D eigenvalue weighted by Gasteiger charge is 2.38. The largest absolute Gasteiger partial charge is 0.478 e. The molecule has 1 aliphatic carbocycles. The third kappa shape index (κ3) is 12.9. The average Bonchev–Trinajstić information content (AvgIpc) is 2.93. The number of allylic oxidation sites excluding steroid dienone is 2. The number of carboxylic acid groups (broad SMARTS) is 1. The van der Waals surface area contributed by atoms with E-state index in [0.29, 0.717) is 5.56 Å². The molecule has 0 radical (unpaired) electrons. The predicted octanol–water partition coefficient (Wildman–Crippen LogP) is 12.9. The zero-order valence-corrected chi connectivity index (χ0v) is 34.7. The standard InChI is InChI=1S/C39H66O2Si4/c1-11-14-32-16-19-34(20-17-32)35-21-23-36(24-22-35)38-29-33(18-25-37(38)39(40)41)15-12-13-26-44(8,9)27-28-45(10,30-42(2,3)4)31-43(5,6)7/h18-19,21-25,29,32H,11-17,20,26-28,30-31H2,1-10H3,(H,40,41). The topological polar surface area (TPSA) is 37.3 Å². The minimum Gasteiger partial charge on any atom is -0.478 e. The van der Waals surface area contributed by atoms with Crippen LogP contribution in [0.2, 0.25) is 88.4 Å². The molecule has 1 unspecified atom stereocenters. The van der Waals surface area contributed by atoms with Gasteiger partial charge in [0, 0.05) is 32.3 Å². The second kappa shape index (κ2) is 16.1. The van der Waals surface area contributed by atoms with Crippen molar-refractivity contribution in [3.8, 4) is 11.1 Å². The van der Waals surface area contributed by atoms with Crippen LogP contribution in [0.3, 0.4) is 0 Å². The van der Waals surface area contributed by atoms with Gasteiger partial charge in [-0.3, -0.25) is 0 Å². The molecule has 0 bridgehead atoms. The number of hydrogen-bond acceptors (Lipinski definition) is 1. The highest BCUT2D eigenvalue weighted by molar-refractivity contribution is 7.02. The van der Waals surface area contributed by atoms with E-state index in [1.807, 2.05) is 12.1 Å². The maximum absolute atomic E-state index is 12.2. The molecule has 0 fully saturated rings. The number of carbonyl (C=O) groups is 1. The first-order valence-corrected chi connectivity index (χ1v) is 32.0. The van der Waals surface area contributed by atoms with Gasteiger partial charge in [-0.2, -0.15) is 0 Å². The van der Waals surface area contributed by atoms with E-state index in [2.05, 4.69) is 102 Å². The molecule has 1 N–H and O–H groups in total. The molecule has 2 aromatic rings. The summed E-state index contributed by atoms with van der Waals surface area (Å²) in [5.74, 6) is -0.00602. The Labute approximate surface area is 281 Å². The molecule has 2 nitrogen and oxygen atoms in total. The molecule has 0 saturated heterocycles. The first-order valence-electron chi connectivity index (χ1n) is 18.0. The lowest BCUT2D eigenvalue weighted by Crippen LogP contribution is -2.46. The van der Waals surface area contributed by atoms with Crippen molar-refractivity contribution >= 4 is 43.8 Å². The van der Waals surface area contributed by atoms with Crippen LogP contribution in [0.25, 0.3) is 16.7 Å². The van der Waals surface area contributed by atoms with Crippen LogP contribution in [0, 0.1) is 5.92 Å². The Morgan fingerprint density at radius 1 is 0.800 bits per heavy atom. The number of rotatable bonds is 17. The molecule has 0 aromatic heterocycles. The van der Waals surface area contributed by atoms with Gasteiger partial charge >= 0.3 is 5.97 Å². The summed E-state index contributed by atoms with van der Waals surface area (Å²) >= 11 is 0. The molecule has 1 atom stereocenters. The Balaban J connectivity index is 1.61. The van der Waals surface area contributed by atoms with E-state index in [1.165, 1.54) is 67.3 Å². The second-order valence-electron chi connectivity index (χ2n) is 18.1. The van der Waals surface area contributed by atoms with Crippen molar-refractivity contribution in [2.75, 3.05) is 0 Å². The fraction of sp³-hybridized carbons (Fsp3) is 0.615. The molecule has 0 spiro atoms. The number of unbranched alkanes of at least 4 members (excludes halogenated alkanes) is 1. The van der Waals surface area contributed by atoms with Crippen molar-refractivity contribution in [2.45, 2.75) is 147 Å². The molecule has 250 valence electrons. The molecule has 45 heavy (non-hydrogen) atoms. The maximum atomic E-state index is 12.2. The first-order chi connectivity index (χ1) is 20.9. The fourth-order valence-electron chi connectivity index (χ4n) is 8.35. The van der Waals surface area contributed by atoms with Gasteiger partial charge < -0.3 is 5.11 Å². The first kappa shape index (κ1) is 38.0. The monoisotopic (exact) mass is 678 g/mol. The lowest BCUT2D eigenvalue weighted by Gasteiger charge is -2.39. The third-order valence-electron chi connectivity index (χ3n) is 9.99. The Kier molecular flexibility index (Phi) is 13.6. The summed E-state index contributed by atoms with van der Waals surface area (Å²) in [5, 5.41) is 9.98. The van der Waals surface area contributed by atoms with Gasteiger partial charge in [-0.15, -0.1) is 0 Å². The van der Waals surface area contributed by atoms with Crippen LogP contribution in [0.1, 0.15) is 73.4 Å². The summed E-state index contributed by atoms with van der Waals surface area (Å²) in [6.45, 7) is 25.9. The van der Waals surface area contributed by atoms with Crippen LogP contribution < -0.4 is 0 Å². The van der Waals surface area contributed by atoms with Crippen LogP contribution in [-0.2, 0) is 6.42 Å². The average molecular weight is 679 g/mol. The van der Waals surface area contributed by atoms with E-state index in [9.17, 15) is 9.90 Å². The Morgan fingerprint density at radius 2 is 1.42 bits per heavy atom. The van der Waals surface area contributed by atoms with E-state index in [-0.39, 0.29) is 0 Å². The number of aromatic carboxylic acids is 1. The minimum absolute atomic E-state index is 0.406. The van der Waals surface area contributed by atoms with Gasteiger partial charge in [0.2, 0.25) is 0 Å². The van der Waals surface area contributed by atoms with Crippen LogP contribution >= 0.6 is 0 Å². The van der Waals surface area contributed by atoms with Gasteiger partial charge in [-0.05, 0) is 71.9 Å². The molecule has 0 saturated carbocycles. The number of hydrogen-bond donors (Lipinski definition) is 1. The van der Waals surface area contributed by atoms with Crippen LogP contribution in [0.5, 0.6) is 0 Å². The van der Waals surface area contributed by atoms with Gasteiger partial charge in [0.25, 0.3) is 0 Å². The molecule has 0 amide bonds. The summed E-state index contributed by atoms with van der Waals surface area (Å²) in [7, 11) is -4.54. The van der Waals surface area contributed by atoms with Crippen LogP contribution in [-0.4, -0.2) is 43.4 Å². The van der Waals surface area contributed by atoms with Crippen molar-refractivity contribution in [1.82, 2.24) is 0 Å². The van der Waals surface area contributed by atoms with E-state index >= 15 is 0 Å². The molecular weight excluding hydrogens is 613 g/mol. The van der Waals surface area contributed by atoms with Gasteiger partial charge in [-0.1, -0.05) is 157 Å². The lowest BCUT2D eigenvalue weighted by molar-refractivity contribution is 0.0697. The molecule has 2 aromatic carbocycles. The zero-order valence-electron chi connectivity index (χ0n) is 30.7. The highest BCUT2D eigenvalue weighted by atomic mass is 28.4. The number of benzene rings is 2. The molecule has 3 rings (SSSR count). The fourth-order valence-corrected chi connectivity index (χ4v) is 38.5. The summed E-state index contributed by atoms with van der Waals surface area (Å²) in [5.41, 5.74) is 9.48. The quantitative estimate of drug-likeness (QED) is 0.134. The SMILES string of the molecule is CCCC1CC=C(c2ccc(-c3cc(CCCC[Si](C)(C)CC[Si](C)(C[Si](C)(C)C)C[Si](C)(C)C)ccc3C(=O)O)cc2)CC1. The highest BCUT2D eigenvalue weighted by Crippen LogP contribution is 2.36. The smallest absolute Gasteiger partial charge is 0.336 e. The van der Waals surface area contributed by atoms with Crippen LogP contribution in [0.4, 0.5) is 0 Å². The third-order valence-corrected chi connectivity index (χ3v) is 30.6. The van der Waals surface area contributed by atoms with Gasteiger partial charge in [-0.25, -0.2) is 4.79 Å². The molecule has 0 aliphatic heterocycles. The molecule has 6 heteroatoms. The van der Waals surface area contributed by atoms with Gasteiger partial charge in [0.15, 0.2) is 0 Å². The van der Waals surface area contributed by atoms with Gasteiger partial charge in [0.05, 0.1) is 5.56 Å². The Bertz CT molecular complexity index is 1270. The Morgan fingerprint density at radius 3 is 1.96 bits per heavy atom.